The van der Waals surface area contributed by atoms with E-state index in [4.69, 9.17) is 16.3 Å². The second-order valence-corrected chi connectivity index (χ2v) is 9.59. The van der Waals surface area contributed by atoms with Gasteiger partial charge < -0.3 is 20.1 Å². The lowest BCUT2D eigenvalue weighted by Crippen LogP contribution is -2.53. The van der Waals surface area contributed by atoms with Gasteiger partial charge in [0.05, 0.1) is 29.1 Å². The van der Waals surface area contributed by atoms with E-state index in [0.29, 0.717) is 12.1 Å². The van der Waals surface area contributed by atoms with Crippen molar-refractivity contribution in [3.8, 4) is 16.9 Å². The molecule has 0 amide bonds. The summed E-state index contributed by atoms with van der Waals surface area (Å²) in [6, 6.07) is 2.44. The van der Waals surface area contributed by atoms with Crippen molar-refractivity contribution >= 4 is 11.6 Å². The van der Waals surface area contributed by atoms with Gasteiger partial charge in [-0.1, -0.05) is 16.8 Å². The van der Waals surface area contributed by atoms with Crippen LogP contribution in [0.4, 0.5) is 26.3 Å². The number of hydrogen-bond acceptors (Lipinski definition) is 8. The van der Waals surface area contributed by atoms with Gasteiger partial charge in [0.1, 0.15) is 42.0 Å². The average Bonchev–Trinajstić information content (AvgIpc) is 3.54. The van der Waals surface area contributed by atoms with E-state index in [1.54, 1.807) is 0 Å². The first-order valence-corrected chi connectivity index (χ1v) is 12.2. The van der Waals surface area contributed by atoms with Gasteiger partial charge in [-0.2, -0.15) is 18.3 Å². The van der Waals surface area contributed by atoms with Crippen molar-refractivity contribution in [3.05, 3.63) is 76.2 Å². The summed E-state index contributed by atoms with van der Waals surface area (Å²) >= 11 is 6.20. The van der Waals surface area contributed by atoms with E-state index in [-0.39, 0.29) is 33.6 Å². The SMILES string of the molecule is Cc1nc([C@@H]2O[C@H](CO)[C@H](O)[C@H](n3cc(-c4cc(F)c(F)c(F)c4)nn3)[C@H]2O)n(-c2cc(C(F)(F)F)ccc2Cl)n1. The molecule has 4 aromatic rings. The van der Waals surface area contributed by atoms with E-state index >= 15 is 0 Å². The van der Waals surface area contributed by atoms with Crippen molar-refractivity contribution in [1.82, 2.24) is 29.8 Å². The lowest BCUT2D eigenvalue weighted by Gasteiger charge is -2.41. The Morgan fingerprint density at radius 3 is 2.37 bits per heavy atom. The molecule has 10 nitrogen and oxygen atoms in total. The van der Waals surface area contributed by atoms with E-state index in [1.807, 2.05) is 0 Å². The zero-order valence-electron chi connectivity index (χ0n) is 20.6. The molecular weight excluding hydrogens is 586 g/mol. The predicted molar refractivity (Wildman–Crippen MR) is 127 cm³/mol. The normalized spacial score (nSPS) is 23.2. The van der Waals surface area contributed by atoms with Crippen molar-refractivity contribution in [1.29, 1.82) is 0 Å². The molecule has 2 aromatic heterocycles. The number of halogens is 7. The van der Waals surface area contributed by atoms with Crippen LogP contribution >= 0.6 is 11.6 Å². The van der Waals surface area contributed by atoms with Crippen LogP contribution in [0.15, 0.2) is 36.5 Å². The van der Waals surface area contributed by atoms with Gasteiger partial charge in [-0.05, 0) is 37.3 Å². The van der Waals surface area contributed by atoms with Crippen molar-refractivity contribution in [2.45, 2.75) is 43.6 Å². The van der Waals surface area contributed by atoms with E-state index in [1.165, 1.54) is 6.92 Å². The molecule has 1 fully saturated rings. The highest BCUT2D eigenvalue weighted by atomic mass is 35.5. The fourth-order valence-corrected chi connectivity index (χ4v) is 4.73. The summed E-state index contributed by atoms with van der Waals surface area (Å²) in [5.41, 5.74) is -1.62. The van der Waals surface area contributed by atoms with Gasteiger partial charge in [-0.25, -0.2) is 27.5 Å². The highest BCUT2D eigenvalue weighted by Crippen LogP contribution is 2.40. The molecule has 0 bridgehead atoms. The Morgan fingerprint density at radius 2 is 1.73 bits per heavy atom. The highest BCUT2D eigenvalue weighted by Gasteiger charge is 2.48. The molecule has 3 heterocycles. The Morgan fingerprint density at radius 1 is 1.05 bits per heavy atom. The summed E-state index contributed by atoms with van der Waals surface area (Å²) < 4.78 is 88.8. The molecule has 17 heteroatoms. The molecule has 218 valence electrons. The molecule has 5 rings (SSSR count). The van der Waals surface area contributed by atoms with Crippen LogP contribution in [0.2, 0.25) is 5.02 Å². The van der Waals surface area contributed by atoms with Gasteiger partial charge in [-0.3, -0.25) is 0 Å². The molecular formula is C24H19ClF6N6O4. The monoisotopic (exact) mass is 604 g/mol. The van der Waals surface area contributed by atoms with Crippen LogP contribution in [0.5, 0.6) is 0 Å². The maximum absolute atomic E-state index is 13.8. The minimum Gasteiger partial charge on any atom is -0.394 e. The molecule has 5 atom stereocenters. The Kier molecular flexibility index (Phi) is 7.54. The van der Waals surface area contributed by atoms with Crippen molar-refractivity contribution in [3.63, 3.8) is 0 Å². The van der Waals surface area contributed by atoms with E-state index in [0.717, 1.165) is 33.8 Å². The molecule has 0 spiro atoms. The number of benzene rings is 2. The first kappa shape index (κ1) is 28.9. The van der Waals surface area contributed by atoms with E-state index in [9.17, 15) is 41.7 Å². The molecule has 0 unspecified atom stereocenters. The number of ether oxygens (including phenoxy) is 1. The summed E-state index contributed by atoms with van der Waals surface area (Å²) in [6.07, 6.45) is -9.86. The van der Waals surface area contributed by atoms with Gasteiger partial charge in [0.2, 0.25) is 0 Å². The summed E-state index contributed by atoms with van der Waals surface area (Å²) in [7, 11) is 0. The topological polar surface area (TPSA) is 131 Å². The van der Waals surface area contributed by atoms with Crippen LogP contribution in [-0.2, 0) is 10.9 Å². The van der Waals surface area contributed by atoms with Gasteiger partial charge in [0.25, 0.3) is 0 Å². The van der Waals surface area contributed by atoms with Crippen LogP contribution in [0.3, 0.4) is 0 Å². The zero-order chi connectivity index (χ0) is 29.8. The van der Waals surface area contributed by atoms with Gasteiger partial charge in [-0.15, -0.1) is 5.10 Å². The number of aromatic nitrogens is 6. The summed E-state index contributed by atoms with van der Waals surface area (Å²) in [6.45, 7) is 0.658. The molecule has 1 saturated heterocycles. The number of nitrogens with zero attached hydrogens (tertiary/aromatic N) is 6. The Labute approximate surface area is 231 Å². The van der Waals surface area contributed by atoms with Crippen LogP contribution in [-0.4, -0.2) is 70.0 Å². The minimum atomic E-state index is -4.71. The van der Waals surface area contributed by atoms with Crippen LogP contribution in [0.1, 0.15) is 29.4 Å². The van der Waals surface area contributed by atoms with Crippen molar-refractivity contribution < 1.29 is 46.4 Å². The summed E-state index contributed by atoms with van der Waals surface area (Å²) in [4.78, 5) is 4.20. The third-order valence-corrected chi connectivity index (χ3v) is 6.80. The molecule has 0 radical (unpaired) electrons. The number of aliphatic hydroxyl groups is 3. The molecule has 3 N–H and O–H groups in total. The predicted octanol–water partition coefficient (Wildman–Crippen LogP) is 3.32. The largest absolute Gasteiger partial charge is 0.416 e. The average molecular weight is 605 g/mol. The second-order valence-electron chi connectivity index (χ2n) is 9.18. The van der Waals surface area contributed by atoms with Crippen LogP contribution in [0.25, 0.3) is 16.9 Å². The van der Waals surface area contributed by atoms with Gasteiger partial charge in [0.15, 0.2) is 23.3 Å². The standard InChI is InChI=1S/C24H19ClF6N6O4/c1-9-32-23(37(34-9)16-6-11(24(29,30)31)2-3-12(16)25)22-21(40)19(20(39)17(8-38)41-22)36-7-15(33-35-36)10-4-13(26)18(28)14(27)5-10/h2-7,17,19-22,38-40H,8H2,1H3/t17-,19+,20+,21-,22-/m1/s1. The molecule has 0 aliphatic carbocycles. The summed E-state index contributed by atoms with van der Waals surface area (Å²) in [5.74, 6) is -4.80. The quantitative estimate of drug-likeness (QED) is 0.234. The second kappa shape index (κ2) is 10.7. The minimum absolute atomic E-state index is 0.0657. The maximum Gasteiger partial charge on any atom is 0.416 e. The molecule has 0 saturated carbocycles. The van der Waals surface area contributed by atoms with Crippen LogP contribution in [0, 0.1) is 24.4 Å². The number of aliphatic hydroxyl groups excluding tert-OH is 3. The Balaban J connectivity index is 1.56. The fourth-order valence-electron chi connectivity index (χ4n) is 4.53. The third kappa shape index (κ3) is 5.28. The highest BCUT2D eigenvalue weighted by molar-refractivity contribution is 6.32. The van der Waals surface area contributed by atoms with Crippen molar-refractivity contribution in [2.75, 3.05) is 6.61 Å². The molecule has 41 heavy (non-hydrogen) atoms. The lowest BCUT2D eigenvalue weighted by molar-refractivity contribution is -0.210. The molecule has 1 aliphatic rings. The number of aryl methyl sites for hydroxylation is 1. The Hall–Kier alpha value is -3.57. The first-order chi connectivity index (χ1) is 19.3. The van der Waals surface area contributed by atoms with Crippen LogP contribution < -0.4 is 0 Å². The summed E-state index contributed by atoms with van der Waals surface area (Å²) in [5, 5.41) is 43.7. The number of alkyl halides is 3. The Bertz CT molecular complexity index is 1570. The number of hydrogen-bond donors (Lipinski definition) is 3. The zero-order valence-corrected chi connectivity index (χ0v) is 21.4. The van der Waals surface area contributed by atoms with Crippen molar-refractivity contribution in [2.24, 2.45) is 0 Å². The van der Waals surface area contributed by atoms with Gasteiger partial charge in [0, 0.05) is 5.56 Å². The lowest BCUT2D eigenvalue weighted by atomic mass is 9.92. The maximum atomic E-state index is 13.8. The smallest absolute Gasteiger partial charge is 0.394 e. The van der Waals surface area contributed by atoms with E-state index < -0.39 is 66.3 Å². The third-order valence-electron chi connectivity index (χ3n) is 6.48. The first-order valence-electron chi connectivity index (χ1n) is 11.8. The van der Waals surface area contributed by atoms with Gasteiger partial charge >= 0.3 is 6.18 Å². The number of rotatable bonds is 5. The van der Waals surface area contributed by atoms with E-state index in [2.05, 4.69) is 20.4 Å². The molecule has 1 aliphatic heterocycles. The fraction of sp³-hybridized carbons (Fsp3) is 0.333. The molecule has 2 aromatic carbocycles.